The fourth-order valence-electron chi connectivity index (χ4n) is 16.5. The van der Waals surface area contributed by atoms with E-state index in [4.69, 9.17) is 0 Å². The minimum Gasteiger partial charge on any atom is -0.0622 e. The number of fused-ring (bicyclic) bond motifs is 18. The quantitative estimate of drug-likeness (QED) is 0.146. The Labute approximate surface area is 556 Å². The molecule has 19 aromatic rings. The number of hydrogen-bond acceptors (Lipinski definition) is 0. The summed E-state index contributed by atoms with van der Waals surface area (Å²) in [6, 6.07) is 130. The van der Waals surface area contributed by atoms with Gasteiger partial charge in [0.25, 0.3) is 0 Å². The van der Waals surface area contributed by atoms with Gasteiger partial charge in [-0.2, -0.15) is 0 Å². The molecule has 0 heteroatoms. The molecular formula is C96H58. The highest BCUT2D eigenvalue weighted by Gasteiger charge is 2.29. The molecule has 0 spiro atoms. The molecule has 0 saturated heterocycles. The predicted octanol–water partition coefficient (Wildman–Crippen LogP) is 27.0. The van der Waals surface area contributed by atoms with Gasteiger partial charge in [-0.05, 0) is 251 Å². The lowest BCUT2D eigenvalue weighted by atomic mass is 9.89. The summed E-state index contributed by atoms with van der Waals surface area (Å²) in [5.74, 6) is 0. The maximum absolute atomic E-state index is 2.41. The van der Waals surface area contributed by atoms with Gasteiger partial charge in [0, 0.05) is 0 Å². The fourth-order valence-corrected chi connectivity index (χ4v) is 16.5. The van der Waals surface area contributed by atoms with Gasteiger partial charge in [-0.1, -0.05) is 309 Å². The van der Waals surface area contributed by atoms with E-state index < -0.39 is 0 Å². The molecule has 2 aliphatic carbocycles. The Bertz CT molecular complexity index is 6420. The molecular weight excluding hydrogens is 1150 g/mol. The summed E-state index contributed by atoms with van der Waals surface area (Å²) in [6.45, 7) is 0. The van der Waals surface area contributed by atoms with Crippen LogP contribution in [-0.2, 0) is 0 Å². The molecule has 0 fully saturated rings. The molecule has 0 nitrogen and oxygen atoms in total. The van der Waals surface area contributed by atoms with Gasteiger partial charge in [-0.25, -0.2) is 0 Å². The van der Waals surface area contributed by atoms with Crippen molar-refractivity contribution < 1.29 is 0 Å². The van der Waals surface area contributed by atoms with Crippen LogP contribution in [0.4, 0.5) is 0 Å². The monoisotopic (exact) mass is 1210 g/mol. The Morgan fingerprint density at radius 1 is 0.115 bits per heavy atom. The van der Waals surface area contributed by atoms with E-state index in [0.717, 1.165) is 0 Å². The van der Waals surface area contributed by atoms with Gasteiger partial charge in [0.2, 0.25) is 0 Å². The first-order valence-electron chi connectivity index (χ1n) is 33.4. The molecule has 0 unspecified atom stereocenters. The van der Waals surface area contributed by atoms with Crippen LogP contribution in [0.2, 0.25) is 0 Å². The first kappa shape index (κ1) is 54.1. The molecule has 21 rings (SSSR count). The van der Waals surface area contributed by atoms with Crippen molar-refractivity contribution in [2.24, 2.45) is 0 Å². The maximum atomic E-state index is 2.41. The van der Waals surface area contributed by atoms with Crippen LogP contribution >= 0.6 is 0 Å². The topological polar surface area (TPSA) is 0 Å². The van der Waals surface area contributed by atoms with Crippen molar-refractivity contribution >= 4 is 97.0 Å². The van der Waals surface area contributed by atoms with Crippen LogP contribution in [0, 0.1) is 0 Å². The Hall–Kier alpha value is -12.5. The Kier molecular flexibility index (Phi) is 12.1. The van der Waals surface area contributed by atoms with E-state index >= 15 is 0 Å². The van der Waals surface area contributed by atoms with Gasteiger partial charge in [0.15, 0.2) is 0 Å². The molecule has 0 amide bonds. The molecule has 0 radical (unpaired) electrons. The van der Waals surface area contributed by atoms with Crippen molar-refractivity contribution in [2.45, 2.75) is 0 Å². The normalized spacial score (nSPS) is 12.0. The highest BCUT2D eigenvalue weighted by Crippen LogP contribution is 2.57. The second-order valence-corrected chi connectivity index (χ2v) is 26.1. The first-order valence-corrected chi connectivity index (χ1v) is 33.4. The van der Waals surface area contributed by atoms with Crippen molar-refractivity contribution in [3.05, 3.63) is 352 Å². The van der Waals surface area contributed by atoms with Crippen molar-refractivity contribution in [1.82, 2.24) is 0 Å². The second kappa shape index (κ2) is 21.6. The van der Waals surface area contributed by atoms with E-state index in [1.54, 1.807) is 0 Å². The largest absolute Gasteiger partial charge is 0.0622 e. The smallest absolute Gasteiger partial charge is 0.00134 e. The minimum atomic E-state index is 1.24. The van der Waals surface area contributed by atoms with Crippen LogP contribution in [0.25, 0.3) is 208 Å². The summed E-state index contributed by atoms with van der Waals surface area (Å²) < 4.78 is 0. The molecule has 2 aliphatic rings. The number of rotatable bonds is 6. The number of benzene rings is 19. The highest BCUT2D eigenvalue weighted by molar-refractivity contribution is 6.32. The summed E-state index contributed by atoms with van der Waals surface area (Å²) in [5.41, 5.74) is 25.8. The van der Waals surface area contributed by atoms with Crippen LogP contribution in [0.5, 0.6) is 0 Å². The lowest BCUT2D eigenvalue weighted by molar-refractivity contribution is 1.62. The molecule has 96 heavy (non-hydrogen) atoms. The van der Waals surface area contributed by atoms with Crippen LogP contribution in [0.3, 0.4) is 0 Å². The third kappa shape index (κ3) is 8.49. The van der Waals surface area contributed by atoms with Gasteiger partial charge in [-0.3, -0.25) is 0 Å². The zero-order valence-electron chi connectivity index (χ0n) is 52.5. The molecule has 0 aromatic heterocycles. The van der Waals surface area contributed by atoms with Crippen molar-refractivity contribution in [1.29, 1.82) is 0 Å². The van der Waals surface area contributed by atoms with Crippen LogP contribution in [-0.4, -0.2) is 0 Å². The molecule has 19 aromatic carbocycles. The summed E-state index contributed by atoms with van der Waals surface area (Å²) in [5, 5.41) is 23.4. The molecule has 0 atom stereocenters. The standard InChI is InChI=1S/C50H30.C46H28/c1-2-8-31(9-3-1)33-14-15-35-27-36(17-16-34(35)26-33)37-18-19-39-29-41(21-20-38(39)28-37)44-24-25-46-48-42-12-6-4-10-32(42)22-23-45(48)47-30-40-11-5-7-13-43(40)49(44)50(46)47;1-2-11-29(12-3-1)30-23-24-35-31(27-30)15-9-20-34(35)32-13-8-14-33(28-32)36-25-26-43-44-39(36)21-10-22-42(44)45-40-18-6-4-16-37(40)38-17-5-7-19-41(38)46(43)45/h1-30H;1-28H. The second-order valence-electron chi connectivity index (χ2n) is 26.1. The molecule has 0 aliphatic heterocycles. The lowest BCUT2D eigenvalue weighted by Crippen LogP contribution is -1.87. The Morgan fingerprint density at radius 2 is 0.490 bits per heavy atom. The first-order chi connectivity index (χ1) is 47.6. The van der Waals surface area contributed by atoms with E-state index in [-0.39, 0.29) is 0 Å². The van der Waals surface area contributed by atoms with Gasteiger partial charge in [0.1, 0.15) is 0 Å². The third-order valence-electron chi connectivity index (χ3n) is 20.9. The molecule has 0 heterocycles. The van der Waals surface area contributed by atoms with E-state index in [0.29, 0.717) is 0 Å². The molecule has 0 saturated carbocycles. The SMILES string of the molecule is c1ccc(-c2ccc3c(-c4cccc(-c5ccc6c7c(cccc57)-c5c-6c6ccccc6c6ccccc56)c4)cccc3c2)cc1.c1ccc(-c2ccc3cc(-c4ccc5cc(-c6ccc7c8c(cc9ccccc9c68)-c6ccc8ccccc8c6-7)ccc5c4)ccc3c2)cc1. The zero-order chi connectivity index (χ0) is 63.0. The number of hydrogen-bond donors (Lipinski definition) is 0. The average molecular weight is 1210 g/mol. The van der Waals surface area contributed by atoms with E-state index in [1.165, 1.54) is 208 Å². The Morgan fingerprint density at radius 3 is 1.14 bits per heavy atom. The van der Waals surface area contributed by atoms with Gasteiger partial charge in [0.05, 0.1) is 0 Å². The highest BCUT2D eigenvalue weighted by atomic mass is 14.3. The van der Waals surface area contributed by atoms with E-state index in [2.05, 4.69) is 352 Å². The maximum Gasteiger partial charge on any atom is -0.00134 e. The minimum absolute atomic E-state index is 1.24. The zero-order valence-corrected chi connectivity index (χ0v) is 52.5. The summed E-state index contributed by atoms with van der Waals surface area (Å²) in [6.07, 6.45) is 0. The van der Waals surface area contributed by atoms with Crippen LogP contribution in [0.15, 0.2) is 352 Å². The van der Waals surface area contributed by atoms with Crippen LogP contribution in [0.1, 0.15) is 0 Å². The predicted molar refractivity (Wildman–Crippen MR) is 412 cm³/mol. The average Bonchev–Trinajstić information content (AvgIpc) is 1.56. The van der Waals surface area contributed by atoms with Gasteiger partial charge < -0.3 is 0 Å². The van der Waals surface area contributed by atoms with Crippen molar-refractivity contribution in [2.75, 3.05) is 0 Å². The summed E-state index contributed by atoms with van der Waals surface area (Å²) in [4.78, 5) is 0. The molecule has 442 valence electrons. The van der Waals surface area contributed by atoms with Crippen molar-refractivity contribution in [3.8, 4) is 111 Å². The summed E-state index contributed by atoms with van der Waals surface area (Å²) in [7, 11) is 0. The molecule has 0 N–H and O–H groups in total. The fraction of sp³-hybridized carbons (Fsp3) is 0. The Balaban J connectivity index is 0.000000132. The molecule has 0 bridgehead atoms. The summed E-state index contributed by atoms with van der Waals surface area (Å²) >= 11 is 0. The lowest BCUT2D eigenvalue weighted by Gasteiger charge is -2.14. The van der Waals surface area contributed by atoms with Crippen molar-refractivity contribution in [3.63, 3.8) is 0 Å². The van der Waals surface area contributed by atoms with E-state index in [9.17, 15) is 0 Å². The van der Waals surface area contributed by atoms with Gasteiger partial charge in [-0.15, -0.1) is 0 Å². The van der Waals surface area contributed by atoms with Gasteiger partial charge >= 0.3 is 0 Å². The third-order valence-corrected chi connectivity index (χ3v) is 20.9. The van der Waals surface area contributed by atoms with Crippen LogP contribution < -0.4 is 0 Å². The van der Waals surface area contributed by atoms with E-state index in [1.807, 2.05) is 0 Å².